The van der Waals surface area contributed by atoms with Crippen LogP contribution in [0.5, 0.6) is 5.75 Å². The SMILES string of the molecule is COc1ccc(C(=O)OC(C)C(=O)Nc2ccc(N3CCOCC3)cc2)cc1S(N)(=O)=O. The van der Waals surface area contributed by atoms with Crippen LogP contribution in [-0.4, -0.2) is 59.8 Å². The van der Waals surface area contributed by atoms with E-state index in [0.29, 0.717) is 18.9 Å². The number of rotatable bonds is 7. The van der Waals surface area contributed by atoms with Crippen LogP contribution >= 0.6 is 0 Å². The van der Waals surface area contributed by atoms with Gasteiger partial charge in [0.1, 0.15) is 10.6 Å². The van der Waals surface area contributed by atoms with E-state index in [1.165, 1.54) is 26.2 Å². The summed E-state index contributed by atoms with van der Waals surface area (Å²) in [6, 6.07) is 11.0. The predicted molar refractivity (Wildman–Crippen MR) is 117 cm³/mol. The Bertz CT molecular complexity index is 1080. The number of methoxy groups -OCH3 is 1. The predicted octanol–water partition coefficient (Wildman–Crippen LogP) is 1.36. The van der Waals surface area contributed by atoms with Crippen LogP contribution in [0, 0.1) is 0 Å². The molecule has 3 N–H and O–H groups in total. The number of benzene rings is 2. The fourth-order valence-corrected chi connectivity index (χ4v) is 3.85. The number of esters is 1. The van der Waals surface area contributed by atoms with Crippen molar-refractivity contribution in [2.24, 2.45) is 5.14 Å². The number of carbonyl (C=O) groups is 2. The molecule has 1 aliphatic heterocycles. The molecular formula is C21H25N3O7S. The zero-order valence-electron chi connectivity index (χ0n) is 17.7. The van der Waals surface area contributed by atoms with Crippen LogP contribution in [0.2, 0.25) is 0 Å². The Labute approximate surface area is 186 Å². The molecule has 1 atom stereocenters. The Morgan fingerprint density at radius 3 is 2.38 bits per heavy atom. The number of primary sulfonamides is 1. The summed E-state index contributed by atoms with van der Waals surface area (Å²) < 4.78 is 38.9. The van der Waals surface area contributed by atoms with Crippen LogP contribution in [-0.2, 0) is 24.3 Å². The maximum absolute atomic E-state index is 12.4. The highest BCUT2D eigenvalue weighted by Gasteiger charge is 2.22. The molecule has 0 aromatic heterocycles. The Morgan fingerprint density at radius 2 is 1.78 bits per heavy atom. The van der Waals surface area contributed by atoms with Crippen molar-refractivity contribution in [3.05, 3.63) is 48.0 Å². The molecule has 0 radical (unpaired) electrons. The summed E-state index contributed by atoms with van der Waals surface area (Å²) in [4.78, 5) is 26.7. The number of morpholine rings is 1. The highest BCUT2D eigenvalue weighted by Crippen LogP contribution is 2.24. The summed E-state index contributed by atoms with van der Waals surface area (Å²) in [6.07, 6.45) is -1.12. The lowest BCUT2D eigenvalue weighted by atomic mass is 10.2. The number of anilines is 2. The molecule has 0 aliphatic carbocycles. The van der Waals surface area contributed by atoms with Gasteiger partial charge in [0.15, 0.2) is 6.10 Å². The molecule has 2 aromatic rings. The molecule has 32 heavy (non-hydrogen) atoms. The molecule has 0 bridgehead atoms. The van der Waals surface area contributed by atoms with E-state index < -0.39 is 28.0 Å². The smallest absolute Gasteiger partial charge is 0.338 e. The van der Waals surface area contributed by atoms with E-state index in [2.05, 4.69) is 10.2 Å². The first-order valence-corrected chi connectivity index (χ1v) is 11.4. The average Bonchev–Trinajstić information content (AvgIpc) is 2.79. The third-order valence-corrected chi connectivity index (χ3v) is 5.80. The van der Waals surface area contributed by atoms with E-state index in [1.807, 2.05) is 12.1 Å². The van der Waals surface area contributed by atoms with Crippen LogP contribution in [0.15, 0.2) is 47.4 Å². The van der Waals surface area contributed by atoms with Crippen LogP contribution < -0.4 is 20.1 Å². The summed E-state index contributed by atoms with van der Waals surface area (Å²) in [6.45, 7) is 4.37. The van der Waals surface area contributed by atoms with Crippen molar-refractivity contribution < 1.29 is 32.2 Å². The number of hydrogen-bond donors (Lipinski definition) is 2. The number of amides is 1. The maximum Gasteiger partial charge on any atom is 0.338 e. The van der Waals surface area contributed by atoms with Gasteiger partial charge in [-0.05, 0) is 49.4 Å². The van der Waals surface area contributed by atoms with Gasteiger partial charge in [0.25, 0.3) is 5.91 Å². The highest BCUT2D eigenvalue weighted by molar-refractivity contribution is 7.89. The monoisotopic (exact) mass is 463 g/mol. The number of sulfonamides is 1. The zero-order valence-corrected chi connectivity index (χ0v) is 18.6. The van der Waals surface area contributed by atoms with Crippen molar-refractivity contribution in [2.45, 2.75) is 17.9 Å². The van der Waals surface area contributed by atoms with Gasteiger partial charge in [-0.1, -0.05) is 0 Å². The molecular weight excluding hydrogens is 438 g/mol. The first-order chi connectivity index (χ1) is 15.2. The fraction of sp³-hybridized carbons (Fsp3) is 0.333. The molecule has 1 fully saturated rings. The third-order valence-electron chi connectivity index (χ3n) is 4.87. The van der Waals surface area contributed by atoms with E-state index in [0.717, 1.165) is 24.8 Å². The lowest BCUT2D eigenvalue weighted by molar-refractivity contribution is -0.123. The van der Waals surface area contributed by atoms with E-state index in [4.69, 9.17) is 19.3 Å². The average molecular weight is 464 g/mol. The summed E-state index contributed by atoms with van der Waals surface area (Å²) >= 11 is 0. The number of carbonyl (C=O) groups excluding carboxylic acids is 2. The Hall–Kier alpha value is -3.15. The van der Waals surface area contributed by atoms with Crippen LogP contribution in [0.4, 0.5) is 11.4 Å². The number of nitrogens with one attached hydrogen (secondary N) is 1. The van der Waals surface area contributed by atoms with Gasteiger partial charge in [0.2, 0.25) is 10.0 Å². The second-order valence-electron chi connectivity index (χ2n) is 7.09. The molecule has 1 heterocycles. The van der Waals surface area contributed by atoms with Gasteiger partial charge in [-0.25, -0.2) is 18.4 Å². The van der Waals surface area contributed by atoms with Gasteiger partial charge in [0, 0.05) is 24.5 Å². The normalized spacial score (nSPS) is 15.0. The van der Waals surface area contributed by atoms with Crippen molar-refractivity contribution >= 4 is 33.3 Å². The molecule has 10 nitrogen and oxygen atoms in total. The Balaban J connectivity index is 1.62. The van der Waals surface area contributed by atoms with Gasteiger partial charge in [0.05, 0.1) is 25.9 Å². The van der Waals surface area contributed by atoms with Crippen LogP contribution in [0.25, 0.3) is 0 Å². The zero-order chi connectivity index (χ0) is 23.3. The van der Waals surface area contributed by atoms with Gasteiger partial charge in [-0.15, -0.1) is 0 Å². The molecule has 1 unspecified atom stereocenters. The minimum Gasteiger partial charge on any atom is -0.495 e. The minimum atomic E-state index is -4.12. The third kappa shape index (κ3) is 5.75. The topological polar surface area (TPSA) is 137 Å². The minimum absolute atomic E-state index is 0.00429. The van der Waals surface area contributed by atoms with E-state index in [9.17, 15) is 18.0 Å². The van der Waals surface area contributed by atoms with Gasteiger partial charge in [-0.3, -0.25) is 4.79 Å². The molecule has 2 aromatic carbocycles. The molecule has 0 spiro atoms. The number of hydrogen-bond acceptors (Lipinski definition) is 8. The second kappa shape index (κ2) is 9.98. The highest BCUT2D eigenvalue weighted by atomic mass is 32.2. The Morgan fingerprint density at radius 1 is 1.12 bits per heavy atom. The lowest BCUT2D eigenvalue weighted by Crippen LogP contribution is -2.36. The van der Waals surface area contributed by atoms with Gasteiger partial charge >= 0.3 is 5.97 Å². The van der Waals surface area contributed by atoms with E-state index in [-0.39, 0.29) is 16.2 Å². The summed E-state index contributed by atoms with van der Waals surface area (Å²) in [5, 5.41) is 7.85. The quantitative estimate of drug-likeness (QED) is 0.587. The lowest BCUT2D eigenvalue weighted by Gasteiger charge is -2.28. The van der Waals surface area contributed by atoms with Crippen molar-refractivity contribution in [3.8, 4) is 5.75 Å². The molecule has 1 amide bonds. The fourth-order valence-electron chi connectivity index (χ4n) is 3.13. The van der Waals surface area contributed by atoms with Crippen molar-refractivity contribution in [1.29, 1.82) is 0 Å². The van der Waals surface area contributed by atoms with Crippen LogP contribution in [0.1, 0.15) is 17.3 Å². The summed E-state index contributed by atoms with van der Waals surface area (Å²) in [7, 11) is -2.84. The van der Waals surface area contributed by atoms with Crippen molar-refractivity contribution in [1.82, 2.24) is 0 Å². The van der Waals surface area contributed by atoms with Crippen molar-refractivity contribution in [3.63, 3.8) is 0 Å². The van der Waals surface area contributed by atoms with Gasteiger partial charge < -0.3 is 24.4 Å². The van der Waals surface area contributed by atoms with E-state index >= 15 is 0 Å². The Kier molecular flexibility index (Phi) is 7.33. The largest absolute Gasteiger partial charge is 0.495 e. The number of ether oxygens (including phenoxy) is 3. The molecule has 0 saturated carbocycles. The summed E-state index contributed by atoms with van der Waals surface area (Å²) in [5.74, 6) is -1.41. The van der Waals surface area contributed by atoms with E-state index in [1.54, 1.807) is 12.1 Å². The summed E-state index contributed by atoms with van der Waals surface area (Å²) in [5.41, 5.74) is 1.50. The molecule has 1 aliphatic rings. The molecule has 3 rings (SSSR count). The molecule has 1 saturated heterocycles. The maximum atomic E-state index is 12.4. The van der Waals surface area contributed by atoms with Crippen molar-refractivity contribution in [2.75, 3.05) is 43.6 Å². The van der Waals surface area contributed by atoms with Gasteiger partial charge in [-0.2, -0.15) is 0 Å². The number of nitrogens with two attached hydrogens (primary N) is 1. The number of nitrogens with zero attached hydrogens (tertiary/aromatic N) is 1. The molecule has 11 heteroatoms. The second-order valence-corrected chi connectivity index (χ2v) is 8.62. The standard InChI is InChI=1S/C21H25N3O7S/c1-14(31-21(26)15-3-8-18(29-2)19(13-15)32(22,27)28)20(25)23-16-4-6-17(7-5-16)24-9-11-30-12-10-24/h3-8,13-14H,9-12H2,1-2H3,(H,23,25)(H2,22,27,28). The van der Waals surface area contributed by atoms with Crippen LogP contribution in [0.3, 0.4) is 0 Å². The first kappa shape index (κ1) is 23.5. The first-order valence-electron chi connectivity index (χ1n) is 9.84. The molecule has 172 valence electrons.